The molecule has 1 amide bonds. The summed E-state index contributed by atoms with van der Waals surface area (Å²) >= 11 is 6.13. The van der Waals surface area contributed by atoms with Gasteiger partial charge < -0.3 is 10.2 Å². The zero-order valence-electron chi connectivity index (χ0n) is 15.0. The second kappa shape index (κ2) is 8.25. The van der Waals surface area contributed by atoms with Crippen LogP contribution in [0.1, 0.15) is 31.4 Å². The standard InChI is InChI=1S/C18H26ClN3O3S/c1-2-26(24,25)21-9-6-14(7-10-21)18(23)22-11-8-20-13-17(22)15-4-3-5-16(19)12-15/h3-5,12,14,17,20H,2,6-11,13H2,1H3. The molecule has 1 N–H and O–H groups in total. The Labute approximate surface area is 160 Å². The minimum Gasteiger partial charge on any atom is -0.333 e. The second-order valence-electron chi connectivity index (χ2n) is 6.88. The van der Waals surface area contributed by atoms with Gasteiger partial charge in [0.25, 0.3) is 0 Å². The van der Waals surface area contributed by atoms with Crippen molar-refractivity contribution < 1.29 is 13.2 Å². The lowest BCUT2D eigenvalue weighted by Crippen LogP contribution is -2.52. The first kappa shape index (κ1) is 19.6. The van der Waals surface area contributed by atoms with Crippen LogP contribution >= 0.6 is 11.6 Å². The van der Waals surface area contributed by atoms with Crippen molar-refractivity contribution >= 4 is 27.5 Å². The number of amides is 1. The number of carbonyl (C=O) groups is 1. The summed E-state index contributed by atoms with van der Waals surface area (Å²) in [6.07, 6.45) is 1.18. The van der Waals surface area contributed by atoms with Crippen LogP contribution in [0.5, 0.6) is 0 Å². The molecule has 3 rings (SSSR count). The molecule has 0 aromatic heterocycles. The van der Waals surface area contributed by atoms with Gasteiger partial charge in [0.15, 0.2) is 0 Å². The quantitative estimate of drug-likeness (QED) is 0.839. The molecule has 0 aliphatic carbocycles. The summed E-state index contributed by atoms with van der Waals surface area (Å²) in [5.74, 6) is 0.128. The van der Waals surface area contributed by atoms with Crippen LogP contribution in [0.15, 0.2) is 24.3 Å². The Morgan fingerprint density at radius 2 is 2.00 bits per heavy atom. The number of hydrogen-bond donors (Lipinski definition) is 1. The van der Waals surface area contributed by atoms with Gasteiger partial charge in [-0.3, -0.25) is 4.79 Å². The van der Waals surface area contributed by atoms with Gasteiger partial charge in [-0.1, -0.05) is 23.7 Å². The van der Waals surface area contributed by atoms with Gasteiger partial charge in [-0.2, -0.15) is 0 Å². The molecule has 2 aliphatic heterocycles. The fraction of sp³-hybridized carbons (Fsp3) is 0.611. The van der Waals surface area contributed by atoms with Gasteiger partial charge in [0.05, 0.1) is 11.8 Å². The lowest BCUT2D eigenvalue weighted by atomic mass is 9.94. The second-order valence-corrected chi connectivity index (χ2v) is 9.57. The molecule has 0 bridgehead atoms. The highest BCUT2D eigenvalue weighted by Crippen LogP contribution is 2.29. The van der Waals surface area contributed by atoms with Crippen molar-refractivity contribution in [2.24, 2.45) is 5.92 Å². The van der Waals surface area contributed by atoms with E-state index in [0.29, 0.717) is 44.0 Å². The third-order valence-corrected chi connectivity index (χ3v) is 7.44. The summed E-state index contributed by atoms with van der Waals surface area (Å²) in [7, 11) is -3.17. The van der Waals surface area contributed by atoms with E-state index in [4.69, 9.17) is 11.6 Å². The Morgan fingerprint density at radius 1 is 1.27 bits per heavy atom. The molecule has 144 valence electrons. The molecule has 1 aromatic carbocycles. The Bertz CT molecular complexity index is 748. The van der Waals surface area contributed by atoms with E-state index in [1.807, 2.05) is 29.2 Å². The fourth-order valence-electron chi connectivity index (χ4n) is 3.78. The number of nitrogens with zero attached hydrogens (tertiary/aromatic N) is 2. The van der Waals surface area contributed by atoms with Gasteiger partial charge in [-0.05, 0) is 37.5 Å². The maximum absolute atomic E-state index is 13.1. The number of piperazine rings is 1. The van der Waals surface area contributed by atoms with E-state index in [-0.39, 0.29) is 23.6 Å². The number of sulfonamides is 1. The molecule has 1 atom stereocenters. The van der Waals surface area contributed by atoms with Gasteiger partial charge in [0.2, 0.25) is 15.9 Å². The summed E-state index contributed by atoms with van der Waals surface area (Å²) in [5, 5.41) is 4.02. The maximum atomic E-state index is 13.1. The van der Waals surface area contributed by atoms with Crippen LogP contribution in [0.4, 0.5) is 0 Å². The van der Waals surface area contributed by atoms with Crippen LogP contribution in [0.2, 0.25) is 5.02 Å². The van der Waals surface area contributed by atoms with Crippen molar-refractivity contribution in [3.63, 3.8) is 0 Å². The first-order chi connectivity index (χ1) is 12.4. The van der Waals surface area contributed by atoms with Gasteiger partial charge in [-0.25, -0.2) is 12.7 Å². The van der Waals surface area contributed by atoms with Crippen molar-refractivity contribution in [3.05, 3.63) is 34.9 Å². The number of piperidine rings is 1. The molecule has 2 fully saturated rings. The maximum Gasteiger partial charge on any atom is 0.226 e. The van der Waals surface area contributed by atoms with Crippen LogP contribution < -0.4 is 5.32 Å². The van der Waals surface area contributed by atoms with E-state index in [2.05, 4.69) is 5.32 Å². The van der Waals surface area contributed by atoms with Crippen molar-refractivity contribution in [3.8, 4) is 0 Å². The summed E-state index contributed by atoms with van der Waals surface area (Å²) < 4.78 is 25.5. The molecule has 1 aromatic rings. The Kier molecular flexibility index (Phi) is 6.22. The molecule has 1 unspecified atom stereocenters. The van der Waals surface area contributed by atoms with Crippen LogP contribution in [-0.2, 0) is 14.8 Å². The number of hydrogen-bond acceptors (Lipinski definition) is 4. The topological polar surface area (TPSA) is 69.7 Å². The Hall–Kier alpha value is -1.15. The molecular weight excluding hydrogens is 374 g/mol. The molecule has 0 radical (unpaired) electrons. The predicted molar refractivity (Wildman–Crippen MR) is 103 cm³/mol. The lowest BCUT2D eigenvalue weighted by Gasteiger charge is -2.40. The molecule has 6 nitrogen and oxygen atoms in total. The van der Waals surface area contributed by atoms with E-state index in [9.17, 15) is 13.2 Å². The molecular formula is C18H26ClN3O3S. The minimum atomic E-state index is -3.17. The van der Waals surface area contributed by atoms with Crippen LogP contribution in [0.25, 0.3) is 0 Å². The SMILES string of the molecule is CCS(=O)(=O)N1CCC(C(=O)N2CCNCC2c2cccc(Cl)c2)CC1. The zero-order valence-corrected chi connectivity index (χ0v) is 16.6. The van der Waals surface area contributed by atoms with E-state index < -0.39 is 10.0 Å². The van der Waals surface area contributed by atoms with E-state index in [1.165, 1.54) is 4.31 Å². The third-order valence-electron chi connectivity index (χ3n) is 5.32. The van der Waals surface area contributed by atoms with E-state index >= 15 is 0 Å². The molecule has 2 aliphatic rings. The molecule has 2 saturated heterocycles. The number of halogens is 1. The van der Waals surface area contributed by atoms with Gasteiger partial charge >= 0.3 is 0 Å². The number of nitrogens with one attached hydrogen (secondary N) is 1. The van der Waals surface area contributed by atoms with Gasteiger partial charge in [0.1, 0.15) is 0 Å². The molecule has 26 heavy (non-hydrogen) atoms. The largest absolute Gasteiger partial charge is 0.333 e. The Balaban J connectivity index is 1.70. The number of carbonyl (C=O) groups excluding carboxylic acids is 1. The number of rotatable bonds is 4. The fourth-order valence-corrected chi connectivity index (χ4v) is 5.11. The lowest BCUT2D eigenvalue weighted by molar-refractivity contribution is -0.140. The van der Waals surface area contributed by atoms with Crippen molar-refractivity contribution in [2.75, 3.05) is 38.5 Å². The highest BCUT2D eigenvalue weighted by atomic mass is 35.5. The summed E-state index contributed by atoms with van der Waals surface area (Å²) in [6.45, 7) is 4.65. The highest BCUT2D eigenvalue weighted by molar-refractivity contribution is 7.89. The minimum absolute atomic E-state index is 0.0349. The monoisotopic (exact) mass is 399 g/mol. The van der Waals surface area contributed by atoms with Crippen LogP contribution in [0, 0.1) is 5.92 Å². The first-order valence-corrected chi connectivity index (χ1v) is 11.2. The smallest absolute Gasteiger partial charge is 0.226 e. The van der Waals surface area contributed by atoms with Crippen LogP contribution in [-0.4, -0.2) is 62.0 Å². The summed E-state index contributed by atoms with van der Waals surface area (Å²) in [4.78, 5) is 15.1. The summed E-state index contributed by atoms with van der Waals surface area (Å²) in [6, 6.07) is 7.61. The highest BCUT2D eigenvalue weighted by Gasteiger charge is 2.36. The predicted octanol–water partition coefficient (Wildman–Crippen LogP) is 1.87. The van der Waals surface area contributed by atoms with Crippen molar-refractivity contribution in [1.29, 1.82) is 0 Å². The molecule has 0 saturated carbocycles. The van der Waals surface area contributed by atoms with E-state index in [1.54, 1.807) is 6.92 Å². The van der Waals surface area contributed by atoms with Crippen molar-refractivity contribution in [1.82, 2.24) is 14.5 Å². The Morgan fingerprint density at radius 3 is 2.65 bits per heavy atom. The molecule has 8 heteroatoms. The molecule has 0 spiro atoms. The average molecular weight is 400 g/mol. The first-order valence-electron chi connectivity index (χ1n) is 9.17. The summed E-state index contributed by atoms with van der Waals surface area (Å²) in [5.41, 5.74) is 1.03. The number of benzene rings is 1. The van der Waals surface area contributed by atoms with Gasteiger partial charge in [0, 0.05) is 43.7 Å². The van der Waals surface area contributed by atoms with Crippen molar-refractivity contribution in [2.45, 2.75) is 25.8 Å². The van der Waals surface area contributed by atoms with Crippen LogP contribution in [0.3, 0.4) is 0 Å². The zero-order chi connectivity index (χ0) is 18.7. The molecule has 2 heterocycles. The van der Waals surface area contributed by atoms with Gasteiger partial charge in [-0.15, -0.1) is 0 Å². The normalized spacial score (nSPS) is 23.2. The third kappa shape index (κ3) is 4.22. The van der Waals surface area contributed by atoms with E-state index in [0.717, 1.165) is 12.1 Å². The average Bonchev–Trinajstić information content (AvgIpc) is 2.67.